The maximum atomic E-state index is 13.1. The van der Waals surface area contributed by atoms with Crippen molar-refractivity contribution in [3.05, 3.63) is 58.6 Å². The summed E-state index contributed by atoms with van der Waals surface area (Å²) in [6, 6.07) is 4.53. The molecule has 39 heavy (non-hydrogen) atoms. The molecule has 0 unspecified atom stereocenters. The highest BCUT2D eigenvalue weighted by molar-refractivity contribution is 8.00. The fraction of sp³-hybridized carbons (Fsp3) is 0.292. The van der Waals surface area contributed by atoms with Gasteiger partial charge in [-0.1, -0.05) is 12.1 Å². The van der Waals surface area contributed by atoms with Crippen LogP contribution in [0.15, 0.2) is 52.5 Å². The number of fused-ring (bicyclic) bond motifs is 2. The van der Waals surface area contributed by atoms with Gasteiger partial charge >= 0.3 is 0 Å². The number of hydrogen-bond acceptors (Lipinski definition) is 11. The lowest BCUT2D eigenvalue weighted by molar-refractivity contribution is -0.662. The number of rotatable bonds is 9. The molecule has 2 amide bonds. The maximum Gasteiger partial charge on any atom is 0.286 e. The van der Waals surface area contributed by atoms with Gasteiger partial charge in [0.05, 0.1) is 17.2 Å². The quantitative estimate of drug-likeness (QED) is 0.112. The maximum absolute atomic E-state index is 13.1. The van der Waals surface area contributed by atoms with Crippen LogP contribution in [-0.2, 0) is 25.8 Å². The van der Waals surface area contributed by atoms with Crippen LogP contribution in [0.4, 0.5) is 5.13 Å². The van der Waals surface area contributed by atoms with Crippen molar-refractivity contribution in [3.63, 3.8) is 0 Å². The van der Waals surface area contributed by atoms with Gasteiger partial charge in [-0.2, -0.15) is 5.26 Å². The van der Waals surface area contributed by atoms with Gasteiger partial charge in [0.25, 0.3) is 17.5 Å². The number of nitrogens with two attached hydrogens (primary N) is 1. The molecule has 15 heteroatoms. The molecule has 1 fully saturated rings. The van der Waals surface area contributed by atoms with Gasteiger partial charge in [0.1, 0.15) is 54.9 Å². The lowest BCUT2D eigenvalue weighted by Gasteiger charge is -2.50. The third-order valence-electron chi connectivity index (χ3n) is 6.10. The molecule has 0 bridgehead atoms. The van der Waals surface area contributed by atoms with Crippen molar-refractivity contribution in [1.82, 2.24) is 19.6 Å². The SMILES string of the molecule is CCCO/N=C(\C(=O)N[C@@H]1C(=O)N2C(C(=O)[O-])=C(C[n+]3ccn4cc(C#N)ccc43)CS[C@H]12)c1csc(N)n1. The number of carboxylic acids is 1. The van der Waals surface area contributed by atoms with Gasteiger partial charge in [0, 0.05) is 22.8 Å². The molecule has 13 nitrogen and oxygen atoms in total. The molecule has 5 rings (SSSR count). The Hall–Kier alpha value is -4.42. The van der Waals surface area contributed by atoms with Crippen LogP contribution in [0.1, 0.15) is 24.6 Å². The number of aliphatic carboxylic acids is 1. The lowest BCUT2D eigenvalue weighted by atomic mass is 10.0. The number of oxime groups is 1. The highest BCUT2D eigenvalue weighted by Gasteiger charge is 2.53. The van der Waals surface area contributed by atoms with Gasteiger partial charge in [-0.05, 0) is 12.5 Å². The zero-order valence-electron chi connectivity index (χ0n) is 20.6. The standard InChI is InChI=1S/C24H22N8O5S2/c1-2-7-37-29-17(15-12-39-24(26)27-15)20(33)28-18-21(34)32-19(23(35)36)14(11-38-22(18)32)10-31-6-5-30-9-13(8-25)3-4-16(30)31/h3-6,9,12,18,22H,2,7,10-11H2,1H3,(H3-,26,27,28,33,35,36)/b29-17-/t18-,22-/m1/s1. The Bertz CT molecular complexity index is 1590. The molecule has 1 saturated heterocycles. The highest BCUT2D eigenvalue weighted by atomic mass is 32.2. The number of carbonyl (C=O) groups is 3. The van der Waals surface area contributed by atoms with Crippen molar-refractivity contribution in [3.8, 4) is 6.07 Å². The molecule has 0 saturated carbocycles. The highest BCUT2D eigenvalue weighted by Crippen LogP contribution is 2.40. The van der Waals surface area contributed by atoms with Crippen molar-refractivity contribution >= 4 is 57.4 Å². The average molecular weight is 567 g/mol. The number of thiazole rings is 1. The van der Waals surface area contributed by atoms with Crippen LogP contribution in [0.25, 0.3) is 5.65 Å². The average Bonchev–Trinajstić information content (AvgIpc) is 3.54. The van der Waals surface area contributed by atoms with Gasteiger partial charge in [-0.3, -0.25) is 14.5 Å². The summed E-state index contributed by atoms with van der Waals surface area (Å²) in [5.41, 5.74) is 7.29. The summed E-state index contributed by atoms with van der Waals surface area (Å²) in [5, 5.41) is 29.0. The van der Waals surface area contributed by atoms with Gasteiger partial charge < -0.3 is 25.8 Å². The minimum absolute atomic E-state index is 0.128. The Labute approximate surface area is 230 Å². The predicted molar refractivity (Wildman–Crippen MR) is 139 cm³/mol. The van der Waals surface area contributed by atoms with Crippen LogP contribution in [0.3, 0.4) is 0 Å². The number of nitrogens with one attached hydrogen (secondary N) is 1. The monoisotopic (exact) mass is 566 g/mol. The molecule has 2 atom stereocenters. The molecule has 0 aliphatic carbocycles. The summed E-state index contributed by atoms with van der Waals surface area (Å²) in [4.78, 5) is 48.8. The van der Waals surface area contributed by atoms with E-state index in [0.717, 1.165) is 21.9 Å². The molecular formula is C24H22N8O5S2. The van der Waals surface area contributed by atoms with Crippen molar-refractivity contribution in [1.29, 1.82) is 5.26 Å². The van der Waals surface area contributed by atoms with E-state index in [1.54, 1.807) is 40.5 Å². The minimum Gasteiger partial charge on any atom is -0.543 e. The van der Waals surface area contributed by atoms with Crippen LogP contribution in [0.2, 0.25) is 0 Å². The van der Waals surface area contributed by atoms with Gasteiger partial charge in [0.15, 0.2) is 10.8 Å². The van der Waals surface area contributed by atoms with Gasteiger partial charge in [0.2, 0.25) is 0 Å². The second-order valence-electron chi connectivity index (χ2n) is 8.67. The number of thioether (sulfide) groups is 1. The predicted octanol–water partition coefficient (Wildman–Crippen LogP) is -0.628. The number of pyridine rings is 1. The zero-order valence-corrected chi connectivity index (χ0v) is 22.2. The van der Waals surface area contributed by atoms with Crippen molar-refractivity contribution in [2.24, 2.45) is 5.16 Å². The van der Waals surface area contributed by atoms with E-state index in [-0.39, 0.29) is 35.4 Å². The van der Waals surface area contributed by atoms with E-state index in [9.17, 15) is 19.5 Å². The van der Waals surface area contributed by atoms with Gasteiger partial charge in [-0.15, -0.1) is 23.1 Å². The van der Waals surface area contributed by atoms with Crippen LogP contribution < -0.4 is 20.7 Å². The Morgan fingerprint density at radius 2 is 2.26 bits per heavy atom. The number of β-lactam (4-membered cyclic amide) rings is 1. The first-order chi connectivity index (χ1) is 18.8. The number of carboxylic acid groups (broad SMARTS) is 1. The van der Waals surface area contributed by atoms with Crippen molar-refractivity contribution in [2.45, 2.75) is 31.3 Å². The molecule has 0 spiro atoms. The fourth-order valence-corrected chi connectivity index (χ4v) is 6.20. The first-order valence-corrected chi connectivity index (χ1v) is 13.8. The number of amides is 2. The third-order valence-corrected chi connectivity index (χ3v) is 8.12. The van der Waals surface area contributed by atoms with Crippen LogP contribution in [0.5, 0.6) is 0 Å². The fourth-order valence-electron chi connectivity index (χ4n) is 4.31. The summed E-state index contributed by atoms with van der Waals surface area (Å²) >= 11 is 2.47. The number of imidazole rings is 1. The molecule has 0 aromatic carbocycles. The summed E-state index contributed by atoms with van der Waals surface area (Å²) in [5.74, 6) is -2.44. The van der Waals surface area contributed by atoms with E-state index in [0.29, 0.717) is 23.3 Å². The lowest BCUT2D eigenvalue weighted by Crippen LogP contribution is -2.71. The minimum atomic E-state index is -1.47. The van der Waals surface area contributed by atoms with Crippen molar-refractivity contribution in [2.75, 3.05) is 18.1 Å². The summed E-state index contributed by atoms with van der Waals surface area (Å²) in [6.45, 7) is 2.36. The van der Waals surface area contributed by atoms with E-state index in [1.807, 2.05) is 11.5 Å². The topological polar surface area (TPSA) is 182 Å². The molecule has 2 aliphatic rings. The summed E-state index contributed by atoms with van der Waals surface area (Å²) < 4.78 is 3.58. The molecule has 2 aliphatic heterocycles. The van der Waals surface area contributed by atoms with Crippen LogP contribution in [-0.4, -0.2) is 61.6 Å². The number of anilines is 1. The van der Waals surface area contributed by atoms with Gasteiger partial charge in [-0.25, -0.2) is 14.0 Å². The summed E-state index contributed by atoms with van der Waals surface area (Å²) in [7, 11) is 0. The number of nitriles is 1. The number of nitrogen functional groups attached to an aromatic ring is 1. The molecular weight excluding hydrogens is 544 g/mol. The number of aromatic nitrogens is 3. The van der Waals surface area contributed by atoms with E-state index in [4.69, 9.17) is 15.8 Å². The van der Waals surface area contributed by atoms with E-state index in [1.165, 1.54) is 11.8 Å². The smallest absolute Gasteiger partial charge is 0.286 e. The largest absolute Gasteiger partial charge is 0.543 e. The number of carbonyl (C=O) groups excluding carboxylic acids is 3. The first kappa shape index (κ1) is 26.2. The van der Waals surface area contributed by atoms with E-state index < -0.39 is 29.2 Å². The van der Waals surface area contributed by atoms with E-state index >= 15 is 0 Å². The van der Waals surface area contributed by atoms with Crippen LogP contribution in [0, 0.1) is 11.3 Å². The molecule has 200 valence electrons. The Balaban J connectivity index is 1.36. The number of nitrogens with zero attached hydrogens (tertiary/aromatic N) is 6. The molecule has 3 aromatic heterocycles. The normalized spacial score (nSPS) is 18.9. The third kappa shape index (κ3) is 4.91. The van der Waals surface area contributed by atoms with E-state index in [2.05, 4.69) is 21.5 Å². The Morgan fingerprint density at radius 3 is 2.95 bits per heavy atom. The molecule has 0 radical (unpaired) electrons. The Morgan fingerprint density at radius 1 is 1.44 bits per heavy atom. The molecule has 3 N–H and O–H groups in total. The second-order valence-corrected chi connectivity index (χ2v) is 10.7. The zero-order chi connectivity index (χ0) is 27.7. The number of hydrogen-bond donors (Lipinski definition) is 2. The second kappa shape index (κ2) is 10.8. The molecule has 5 heterocycles. The van der Waals surface area contributed by atoms with Crippen LogP contribution >= 0.6 is 23.1 Å². The van der Waals surface area contributed by atoms with Crippen molar-refractivity contribution < 1.29 is 28.9 Å². The molecule has 3 aromatic rings. The summed E-state index contributed by atoms with van der Waals surface area (Å²) in [6.07, 6.45) is 5.86. The Kier molecular flexibility index (Phi) is 7.22. The first-order valence-electron chi connectivity index (χ1n) is 11.8.